The maximum absolute atomic E-state index is 13.6. The van der Waals surface area contributed by atoms with Gasteiger partial charge >= 0.3 is 0 Å². The lowest BCUT2D eigenvalue weighted by Crippen LogP contribution is -2.26. The average Bonchev–Trinajstić information content (AvgIpc) is 3.56. The zero-order valence-electron chi connectivity index (χ0n) is 22.0. The summed E-state index contributed by atoms with van der Waals surface area (Å²) >= 11 is 7.78. The highest BCUT2D eigenvalue weighted by Gasteiger charge is 2.22. The summed E-state index contributed by atoms with van der Waals surface area (Å²) in [6.07, 6.45) is 0.851. The van der Waals surface area contributed by atoms with Crippen molar-refractivity contribution in [2.24, 2.45) is 0 Å². The number of rotatable bonds is 10. The van der Waals surface area contributed by atoms with Gasteiger partial charge in [0.2, 0.25) is 0 Å². The molecule has 0 saturated heterocycles. The average molecular weight is 556 g/mol. The summed E-state index contributed by atoms with van der Waals surface area (Å²) < 4.78 is 8.12. The molecule has 39 heavy (non-hydrogen) atoms. The van der Waals surface area contributed by atoms with Crippen LogP contribution < -0.4 is 4.74 Å². The van der Waals surface area contributed by atoms with Crippen LogP contribution in [0.2, 0.25) is 5.02 Å². The maximum Gasteiger partial charge on any atom is 0.255 e. The van der Waals surface area contributed by atoms with E-state index < -0.39 is 0 Å². The van der Waals surface area contributed by atoms with Crippen LogP contribution in [-0.2, 0) is 26.1 Å². The summed E-state index contributed by atoms with van der Waals surface area (Å²) in [5.41, 5.74) is 5.74. The summed E-state index contributed by atoms with van der Waals surface area (Å²) in [6, 6.07) is 29.8. The molecule has 5 aromatic rings. The van der Waals surface area contributed by atoms with Gasteiger partial charge in [-0.1, -0.05) is 84.4 Å². The number of carbonyl (C=O) groups excluding carboxylic acids is 1. The van der Waals surface area contributed by atoms with Crippen LogP contribution >= 0.6 is 22.9 Å². The van der Waals surface area contributed by atoms with Gasteiger partial charge in [-0.15, -0.1) is 11.3 Å². The smallest absolute Gasteiger partial charge is 0.255 e. The van der Waals surface area contributed by atoms with Crippen LogP contribution in [0, 0.1) is 6.92 Å². The second-order valence-electron chi connectivity index (χ2n) is 9.41. The molecule has 1 amide bonds. The molecular weight excluding hydrogens is 526 g/mol. The summed E-state index contributed by atoms with van der Waals surface area (Å²) in [7, 11) is 1.85. The lowest BCUT2D eigenvalue weighted by molar-refractivity contribution is 0.0784. The predicted octanol–water partition coefficient (Wildman–Crippen LogP) is 7.67. The van der Waals surface area contributed by atoms with Gasteiger partial charge in [0.1, 0.15) is 17.4 Å². The van der Waals surface area contributed by atoms with Crippen molar-refractivity contribution in [3.63, 3.8) is 0 Å². The van der Waals surface area contributed by atoms with Crippen molar-refractivity contribution in [3.8, 4) is 17.1 Å². The zero-order valence-corrected chi connectivity index (χ0v) is 23.6. The minimum absolute atomic E-state index is 0.00595. The lowest BCUT2D eigenvalue weighted by atomic mass is 10.1. The lowest BCUT2D eigenvalue weighted by Gasteiger charge is -2.17. The highest BCUT2D eigenvalue weighted by molar-refractivity contribution is 7.09. The Bertz CT molecular complexity index is 1550. The molecule has 0 bridgehead atoms. The molecule has 0 N–H and O–H groups in total. The molecule has 5 nitrogen and oxygen atoms in total. The van der Waals surface area contributed by atoms with Gasteiger partial charge in [0, 0.05) is 31.2 Å². The van der Waals surface area contributed by atoms with E-state index in [0.717, 1.165) is 40.6 Å². The first-order valence-electron chi connectivity index (χ1n) is 12.8. The Morgan fingerprint density at radius 3 is 2.36 bits per heavy atom. The number of carbonyl (C=O) groups is 1. The van der Waals surface area contributed by atoms with Gasteiger partial charge in [0.05, 0.1) is 22.0 Å². The maximum atomic E-state index is 13.6. The van der Waals surface area contributed by atoms with Crippen molar-refractivity contribution in [2.75, 3.05) is 7.05 Å². The van der Waals surface area contributed by atoms with E-state index in [1.54, 1.807) is 11.0 Å². The van der Waals surface area contributed by atoms with E-state index in [2.05, 4.69) is 28.8 Å². The number of nitrogens with zero attached hydrogens (tertiary/aromatic N) is 3. The quantitative estimate of drug-likeness (QED) is 0.178. The molecule has 0 atom stereocenters. The molecule has 3 aromatic carbocycles. The van der Waals surface area contributed by atoms with Gasteiger partial charge in [0.25, 0.3) is 5.91 Å². The minimum atomic E-state index is -0.00595. The van der Waals surface area contributed by atoms with Crippen molar-refractivity contribution in [1.29, 1.82) is 0 Å². The number of amides is 1. The fourth-order valence-corrected chi connectivity index (χ4v) is 5.47. The molecule has 5 rings (SSSR count). The van der Waals surface area contributed by atoms with Gasteiger partial charge in [-0.25, -0.2) is 4.98 Å². The van der Waals surface area contributed by atoms with Crippen LogP contribution in [0.5, 0.6) is 5.75 Å². The van der Waals surface area contributed by atoms with Gasteiger partial charge in [0.15, 0.2) is 0 Å². The van der Waals surface area contributed by atoms with E-state index in [1.807, 2.05) is 80.0 Å². The van der Waals surface area contributed by atoms with E-state index in [9.17, 15) is 4.79 Å². The van der Waals surface area contributed by atoms with Crippen LogP contribution in [0.1, 0.15) is 32.2 Å². The van der Waals surface area contributed by atoms with E-state index in [0.29, 0.717) is 29.5 Å². The largest absolute Gasteiger partial charge is 0.485 e. The van der Waals surface area contributed by atoms with E-state index >= 15 is 0 Å². The molecular formula is C32H30ClN3O2S. The fourth-order valence-electron chi connectivity index (χ4n) is 4.58. The van der Waals surface area contributed by atoms with Crippen LogP contribution in [0.3, 0.4) is 0 Å². The Kier molecular flexibility index (Phi) is 8.45. The van der Waals surface area contributed by atoms with Crippen molar-refractivity contribution in [1.82, 2.24) is 14.5 Å². The van der Waals surface area contributed by atoms with Crippen molar-refractivity contribution >= 4 is 28.8 Å². The molecule has 0 aliphatic heterocycles. The van der Waals surface area contributed by atoms with Crippen LogP contribution in [0.15, 0.2) is 96.4 Å². The minimum Gasteiger partial charge on any atom is -0.485 e. The topological polar surface area (TPSA) is 47.4 Å². The van der Waals surface area contributed by atoms with Crippen molar-refractivity contribution < 1.29 is 9.53 Å². The van der Waals surface area contributed by atoms with E-state index in [1.165, 1.54) is 16.9 Å². The highest BCUT2D eigenvalue weighted by Crippen LogP contribution is 2.30. The van der Waals surface area contributed by atoms with Crippen molar-refractivity contribution in [3.05, 3.63) is 129 Å². The number of thiazole rings is 1. The Morgan fingerprint density at radius 1 is 0.974 bits per heavy atom. The molecule has 0 spiro atoms. The van der Waals surface area contributed by atoms with E-state index in [4.69, 9.17) is 21.3 Å². The first-order valence-corrected chi connectivity index (χ1v) is 14.1. The van der Waals surface area contributed by atoms with Gasteiger partial charge in [-0.05, 0) is 42.7 Å². The standard InChI is InChI=1S/C32H30ClN3O2S/c1-23-26(32(37)35(2)20-25-13-7-4-8-14-25)19-29(36(23)18-17-24-11-5-3-6-12-24)28-22-39-31(34-28)21-38-30-16-10-9-15-27(30)33/h3-16,19,22H,17-18,20-21H2,1-2H3. The number of hydrogen-bond donors (Lipinski definition) is 0. The van der Waals surface area contributed by atoms with Crippen LogP contribution in [0.25, 0.3) is 11.4 Å². The van der Waals surface area contributed by atoms with Gasteiger partial charge in [-0.3, -0.25) is 4.79 Å². The Hall–Kier alpha value is -3.87. The Morgan fingerprint density at radius 2 is 1.64 bits per heavy atom. The number of aryl methyl sites for hydroxylation is 1. The molecule has 2 aromatic heterocycles. The second kappa shape index (κ2) is 12.3. The third-order valence-electron chi connectivity index (χ3n) is 6.68. The van der Waals surface area contributed by atoms with Crippen LogP contribution in [0.4, 0.5) is 0 Å². The molecule has 2 heterocycles. The van der Waals surface area contributed by atoms with Crippen molar-refractivity contribution in [2.45, 2.75) is 33.0 Å². The molecule has 0 aliphatic rings. The SMILES string of the molecule is Cc1c(C(=O)N(C)Cc2ccccc2)cc(-c2csc(COc3ccccc3Cl)n2)n1CCc1ccccc1. The summed E-state index contributed by atoms with van der Waals surface area (Å²) in [4.78, 5) is 20.2. The fraction of sp³-hybridized carbons (Fsp3) is 0.188. The number of halogens is 1. The number of benzene rings is 3. The number of hydrogen-bond acceptors (Lipinski definition) is 4. The Labute approximate surface area is 238 Å². The molecule has 0 aliphatic carbocycles. The van der Waals surface area contributed by atoms with Gasteiger partial charge < -0.3 is 14.2 Å². The highest BCUT2D eigenvalue weighted by atomic mass is 35.5. The third kappa shape index (κ3) is 6.41. The Balaban J connectivity index is 1.41. The van der Waals surface area contributed by atoms with Gasteiger partial charge in [-0.2, -0.15) is 0 Å². The third-order valence-corrected chi connectivity index (χ3v) is 7.81. The molecule has 0 fully saturated rings. The molecule has 7 heteroatoms. The number of aromatic nitrogens is 2. The summed E-state index contributed by atoms with van der Waals surface area (Å²) in [6.45, 7) is 3.63. The normalized spacial score (nSPS) is 10.9. The number of ether oxygens (including phenoxy) is 1. The predicted molar refractivity (Wildman–Crippen MR) is 158 cm³/mol. The number of para-hydroxylation sites is 1. The zero-order chi connectivity index (χ0) is 27.2. The van der Waals surface area contributed by atoms with E-state index in [-0.39, 0.29) is 5.91 Å². The second-order valence-corrected chi connectivity index (χ2v) is 10.8. The molecule has 0 unspecified atom stereocenters. The summed E-state index contributed by atoms with van der Waals surface area (Å²) in [5, 5.41) is 3.44. The summed E-state index contributed by atoms with van der Waals surface area (Å²) in [5.74, 6) is 0.626. The molecule has 198 valence electrons. The first-order chi connectivity index (χ1) is 19.0. The van der Waals surface area contributed by atoms with Crippen LogP contribution in [-0.4, -0.2) is 27.4 Å². The monoisotopic (exact) mass is 555 g/mol. The first kappa shape index (κ1) is 26.7. The molecule has 0 radical (unpaired) electrons. The molecule has 0 saturated carbocycles.